The Balaban J connectivity index is 2.26. The number of nitro benzene ring substituents is 1. The summed E-state index contributed by atoms with van der Waals surface area (Å²) < 4.78 is 0. The van der Waals surface area contributed by atoms with Gasteiger partial charge in [-0.05, 0) is 18.2 Å². The molecule has 1 amide bonds. The summed E-state index contributed by atoms with van der Waals surface area (Å²) in [7, 11) is 0. The fraction of sp³-hybridized carbons (Fsp3) is 0.0714. The lowest BCUT2D eigenvalue weighted by molar-refractivity contribution is -0.385. The Hall–Kier alpha value is -2.05. The fourth-order valence-corrected chi connectivity index (χ4v) is 2.96. The van der Waals surface area contributed by atoms with Gasteiger partial charge in [-0.25, -0.2) is 0 Å². The molecular formula is C14H11ClN2O3S. The molecule has 0 atom stereocenters. The average Bonchev–Trinajstić information content (AvgIpc) is 2.46. The van der Waals surface area contributed by atoms with Gasteiger partial charge in [0.05, 0.1) is 9.95 Å². The second kappa shape index (κ2) is 6.60. The van der Waals surface area contributed by atoms with Crippen molar-refractivity contribution in [2.45, 2.75) is 10.6 Å². The molecule has 0 aliphatic heterocycles. The van der Waals surface area contributed by atoms with Gasteiger partial charge in [-0.15, -0.1) is 11.8 Å². The Morgan fingerprint density at radius 3 is 2.62 bits per heavy atom. The van der Waals surface area contributed by atoms with E-state index in [0.29, 0.717) is 16.3 Å². The molecule has 0 aliphatic carbocycles. The van der Waals surface area contributed by atoms with Gasteiger partial charge in [0.25, 0.3) is 5.69 Å². The normalized spacial score (nSPS) is 10.3. The molecule has 2 aromatic carbocycles. The maximum Gasteiger partial charge on any atom is 0.274 e. The van der Waals surface area contributed by atoms with E-state index in [0.717, 1.165) is 4.90 Å². The van der Waals surface area contributed by atoms with Crippen molar-refractivity contribution in [3.63, 3.8) is 0 Å². The van der Waals surface area contributed by atoms with Crippen LogP contribution in [0.25, 0.3) is 0 Å². The van der Waals surface area contributed by atoms with Gasteiger partial charge in [0.1, 0.15) is 0 Å². The molecule has 0 heterocycles. The van der Waals surface area contributed by atoms with Gasteiger partial charge in [0.15, 0.2) is 0 Å². The van der Waals surface area contributed by atoms with Crippen LogP contribution in [0.5, 0.6) is 0 Å². The molecule has 0 aliphatic rings. The van der Waals surface area contributed by atoms with Gasteiger partial charge in [-0.2, -0.15) is 0 Å². The molecule has 0 saturated carbocycles. The summed E-state index contributed by atoms with van der Waals surface area (Å²) in [6.45, 7) is 0. The van der Waals surface area contributed by atoms with Crippen molar-refractivity contribution < 1.29 is 9.72 Å². The molecule has 21 heavy (non-hydrogen) atoms. The molecule has 5 nitrogen and oxygen atoms in total. The van der Waals surface area contributed by atoms with Gasteiger partial charge in [-0.1, -0.05) is 29.8 Å². The van der Waals surface area contributed by atoms with E-state index in [1.54, 1.807) is 12.1 Å². The van der Waals surface area contributed by atoms with Crippen LogP contribution in [0.4, 0.5) is 5.69 Å². The lowest BCUT2D eigenvalue weighted by Crippen LogP contribution is -2.11. The Morgan fingerprint density at radius 1 is 1.29 bits per heavy atom. The fourth-order valence-electron chi connectivity index (χ4n) is 1.73. The predicted molar refractivity (Wildman–Crippen MR) is 82.6 cm³/mol. The number of halogens is 1. The number of nitrogens with two attached hydrogens (primary N) is 1. The minimum absolute atomic E-state index is 0.119. The first-order valence-electron chi connectivity index (χ1n) is 5.93. The Morgan fingerprint density at radius 2 is 2.00 bits per heavy atom. The van der Waals surface area contributed by atoms with Crippen LogP contribution >= 0.6 is 23.4 Å². The number of benzene rings is 2. The Kier molecular flexibility index (Phi) is 4.82. The van der Waals surface area contributed by atoms with Crippen molar-refractivity contribution in [3.8, 4) is 0 Å². The standard InChI is InChI=1S/C14H11ClN2O3S/c15-11-3-1-2-4-13(11)21-8-10-6-5-9(14(16)18)7-12(10)17(19)20/h1-7H,8H2,(H2,16,18). The number of thioether (sulfide) groups is 1. The highest BCUT2D eigenvalue weighted by Gasteiger charge is 2.16. The number of amides is 1. The van der Waals surface area contributed by atoms with Crippen molar-refractivity contribution in [3.05, 3.63) is 68.7 Å². The lowest BCUT2D eigenvalue weighted by Gasteiger charge is -2.06. The summed E-state index contributed by atoms with van der Waals surface area (Å²) in [5.41, 5.74) is 5.64. The largest absolute Gasteiger partial charge is 0.366 e. The smallest absolute Gasteiger partial charge is 0.274 e. The second-order valence-electron chi connectivity index (χ2n) is 4.18. The van der Waals surface area contributed by atoms with Crippen LogP contribution < -0.4 is 5.73 Å². The van der Waals surface area contributed by atoms with Crippen molar-refractivity contribution >= 4 is 35.0 Å². The molecule has 7 heteroatoms. The van der Waals surface area contributed by atoms with E-state index >= 15 is 0 Å². The highest BCUT2D eigenvalue weighted by atomic mass is 35.5. The van der Waals surface area contributed by atoms with Crippen LogP contribution in [0.2, 0.25) is 5.02 Å². The SMILES string of the molecule is NC(=O)c1ccc(CSc2ccccc2Cl)c([N+](=O)[O-])c1. The number of nitro groups is 1. The molecule has 2 aromatic rings. The van der Waals surface area contributed by atoms with E-state index in [1.165, 1.54) is 23.9 Å². The molecule has 0 fully saturated rings. The third-order valence-corrected chi connectivity index (χ3v) is 4.35. The van der Waals surface area contributed by atoms with Gasteiger partial charge < -0.3 is 5.73 Å². The maximum absolute atomic E-state index is 11.1. The van der Waals surface area contributed by atoms with Gasteiger partial charge >= 0.3 is 0 Å². The molecule has 0 radical (unpaired) electrons. The first kappa shape index (κ1) is 15.3. The Bertz CT molecular complexity index is 706. The number of primary amides is 1. The first-order chi connectivity index (χ1) is 9.99. The molecule has 0 unspecified atom stereocenters. The number of hydrogen-bond donors (Lipinski definition) is 1. The number of carbonyl (C=O) groups is 1. The monoisotopic (exact) mass is 322 g/mol. The summed E-state index contributed by atoms with van der Waals surface area (Å²) in [5.74, 6) is -0.317. The minimum atomic E-state index is -0.691. The zero-order valence-corrected chi connectivity index (χ0v) is 12.4. The molecule has 0 saturated heterocycles. The summed E-state index contributed by atoms with van der Waals surface area (Å²) in [4.78, 5) is 22.5. The van der Waals surface area contributed by atoms with Crippen molar-refractivity contribution in [2.75, 3.05) is 0 Å². The van der Waals surface area contributed by atoms with E-state index in [9.17, 15) is 14.9 Å². The van der Waals surface area contributed by atoms with Crippen LogP contribution in [0.1, 0.15) is 15.9 Å². The second-order valence-corrected chi connectivity index (χ2v) is 5.61. The topological polar surface area (TPSA) is 86.2 Å². The highest BCUT2D eigenvalue weighted by molar-refractivity contribution is 7.98. The number of nitrogens with zero attached hydrogens (tertiary/aromatic N) is 1. The third-order valence-electron chi connectivity index (χ3n) is 2.79. The summed E-state index contributed by atoms with van der Waals surface area (Å²) >= 11 is 7.44. The number of carbonyl (C=O) groups excluding carboxylic acids is 1. The van der Waals surface area contributed by atoms with E-state index < -0.39 is 10.8 Å². The van der Waals surface area contributed by atoms with Crippen LogP contribution in [-0.2, 0) is 5.75 Å². The van der Waals surface area contributed by atoms with Gasteiger partial charge in [0, 0.05) is 27.8 Å². The molecule has 0 bridgehead atoms. The zero-order chi connectivity index (χ0) is 15.4. The molecule has 0 spiro atoms. The van der Waals surface area contributed by atoms with E-state index in [4.69, 9.17) is 17.3 Å². The first-order valence-corrected chi connectivity index (χ1v) is 7.30. The molecule has 108 valence electrons. The maximum atomic E-state index is 11.1. The highest BCUT2D eigenvalue weighted by Crippen LogP contribution is 2.32. The predicted octanol–water partition coefficient (Wildman–Crippen LogP) is 3.64. The van der Waals surface area contributed by atoms with Crippen LogP contribution in [0.15, 0.2) is 47.4 Å². The quantitative estimate of drug-likeness (QED) is 0.517. The zero-order valence-electron chi connectivity index (χ0n) is 10.8. The van der Waals surface area contributed by atoms with E-state index in [2.05, 4.69) is 0 Å². The lowest BCUT2D eigenvalue weighted by atomic mass is 10.1. The molecular weight excluding hydrogens is 312 g/mol. The number of rotatable bonds is 5. The van der Waals surface area contributed by atoms with Crippen LogP contribution in [-0.4, -0.2) is 10.8 Å². The summed E-state index contributed by atoms with van der Waals surface area (Å²) in [6, 6.07) is 11.5. The number of hydrogen-bond acceptors (Lipinski definition) is 4. The summed E-state index contributed by atoms with van der Waals surface area (Å²) in [5, 5.41) is 11.7. The Labute approximate surface area is 130 Å². The summed E-state index contributed by atoms with van der Waals surface area (Å²) in [6.07, 6.45) is 0. The van der Waals surface area contributed by atoms with Crippen LogP contribution in [0.3, 0.4) is 0 Å². The molecule has 2 rings (SSSR count). The van der Waals surface area contributed by atoms with Crippen molar-refractivity contribution in [1.29, 1.82) is 0 Å². The van der Waals surface area contributed by atoms with Crippen LogP contribution in [0, 0.1) is 10.1 Å². The minimum Gasteiger partial charge on any atom is -0.366 e. The van der Waals surface area contributed by atoms with Crippen molar-refractivity contribution in [1.82, 2.24) is 0 Å². The van der Waals surface area contributed by atoms with E-state index in [1.807, 2.05) is 18.2 Å². The van der Waals surface area contributed by atoms with E-state index in [-0.39, 0.29) is 11.3 Å². The van der Waals surface area contributed by atoms with Gasteiger partial charge in [0.2, 0.25) is 5.91 Å². The third kappa shape index (κ3) is 3.74. The molecule has 2 N–H and O–H groups in total. The average molecular weight is 323 g/mol. The van der Waals surface area contributed by atoms with Crippen molar-refractivity contribution in [2.24, 2.45) is 5.73 Å². The van der Waals surface area contributed by atoms with Gasteiger partial charge in [-0.3, -0.25) is 14.9 Å². The molecule has 0 aromatic heterocycles.